The van der Waals surface area contributed by atoms with Gasteiger partial charge in [-0.3, -0.25) is 14.9 Å². The van der Waals surface area contributed by atoms with Crippen LogP contribution in [-0.2, 0) is 0 Å². The molecule has 24 heavy (non-hydrogen) atoms. The summed E-state index contributed by atoms with van der Waals surface area (Å²) in [5.41, 5.74) is 1.32. The van der Waals surface area contributed by atoms with E-state index in [-0.39, 0.29) is 16.6 Å². The lowest BCUT2D eigenvalue weighted by Gasteiger charge is -2.19. The van der Waals surface area contributed by atoms with E-state index in [1.165, 1.54) is 6.07 Å². The minimum Gasteiger partial charge on any atom is -0.366 e. The summed E-state index contributed by atoms with van der Waals surface area (Å²) in [5, 5.41) is 14.2. The molecule has 0 radical (unpaired) electrons. The van der Waals surface area contributed by atoms with Gasteiger partial charge in [0.1, 0.15) is 5.69 Å². The maximum atomic E-state index is 12.3. The van der Waals surface area contributed by atoms with E-state index in [1.54, 1.807) is 30.3 Å². The first-order valence-electron chi connectivity index (χ1n) is 7.65. The number of anilines is 2. The number of rotatable bonds is 4. The predicted octanol–water partition coefficient (Wildman–Crippen LogP) is 4.10. The highest BCUT2D eigenvalue weighted by atomic mass is 35.5. The molecule has 2 aromatic carbocycles. The van der Waals surface area contributed by atoms with E-state index >= 15 is 0 Å². The van der Waals surface area contributed by atoms with Crippen LogP contribution in [0.15, 0.2) is 42.5 Å². The number of nitrogens with one attached hydrogen (secondary N) is 1. The van der Waals surface area contributed by atoms with Crippen LogP contribution >= 0.6 is 11.6 Å². The smallest absolute Gasteiger partial charge is 0.294 e. The molecule has 0 spiro atoms. The summed E-state index contributed by atoms with van der Waals surface area (Å²) < 4.78 is 0. The van der Waals surface area contributed by atoms with Crippen LogP contribution in [0.5, 0.6) is 0 Å². The number of carbonyl (C=O) groups is 1. The summed E-state index contributed by atoms with van der Waals surface area (Å²) in [6.07, 6.45) is 1.98. The van der Waals surface area contributed by atoms with Crippen LogP contribution in [-0.4, -0.2) is 23.9 Å². The Hall–Kier alpha value is -2.60. The third kappa shape index (κ3) is 3.33. The van der Waals surface area contributed by atoms with Crippen molar-refractivity contribution in [3.05, 3.63) is 63.2 Å². The Balaban J connectivity index is 1.94. The average molecular weight is 346 g/mol. The minimum atomic E-state index is -0.442. The van der Waals surface area contributed by atoms with Gasteiger partial charge in [0.05, 0.1) is 15.6 Å². The fourth-order valence-electron chi connectivity index (χ4n) is 2.79. The molecule has 1 amide bonds. The first kappa shape index (κ1) is 16.3. The molecule has 2 aromatic rings. The number of hydrogen-bond donors (Lipinski definition) is 1. The Kier molecular flexibility index (Phi) is 4.66. The number of halogens is 1. The van der Waals surface area contributed by atoms with Crippen molar-refractivity contribution in [1.82, 2.24) is 0 Å². The average Bonchev–Trinajstić information content (AvgIpc) is 3.11. The van der Waals surface area contributed by atoms with Crippen LogP contribution in [0.25, 0.3) is 0 Å². The van der Waals surface area contributed by atoms with E-state index in [0.29, 0.717) is 16.9 Å². The van der Waals surface area contributed by atoms with Gasteiger partial charge in [-0.2, -0.15) is 0 Å². The first-order chi connectivity index (χ1) is 11.6. The van der Waals surface area contributed by atoms with Crippen LogP contribution < -0.4 is 10.2 Å². The standard InChI is InChI=1S/C17H16ClN3O3/c18-13-10-16(21(23)24)15(20-8-4-5-9-20)11-14(13)19-17(22)12-6-2-1-3-7-12/h1-3,6-7,10-11H,4-5,8-9H2,(H,19,22). The van der Waals surface area contributed by atoms with Gasteiger partial charge in [-0.25, -0.2) is 0 Å². The highest BCUT2D eigenvalue weighted by molar-refractivity contribution is 6.34. The van der Waals surface area contributed by atoms with Crippen molar-refractivity contribution >= 4 is 34.6 Å². The fourth-order valence-corrected chi connectivity index (χ4v) is 2.99. The van der Waals surface area contributed by atoms with E-state index < -0.39 is 4.92 Å². The second kappa shape index (κ2) is 6.88. The van der Waals surface area contributed by atoms with Gasteiger partial charge in [0.15, 0.2) is 0 Å². The normalized spacial score (nSPS) is 13.8. The van der Waals surface area contributed by atoms with Crippen molar-refractivity contribution < 1.29 is 9.72 Å². The highest BCUT2D eigenvalue weighted by Crippen LogP contribution is 2.38. The van der Waals surface area contributed by atoms with E-state index in [9.17, 15) is 14.9 Å². The summed E-state index contributed by atoms with van der Waals surface area (Å²) in [6.45, 7) is 1.52. The summed E-state index contributed by atoms with van der Waals surface area (Å²) >= 11 is 6.15. The summed E-state index contributed by atoms with van der Waals surface area (Å²) in [4.78, 5) is 25.1. The Morgan fingerprint density at radius 3 is 2.46 bits per heavy atom. The van der Waals surface area contributed by atoms with Gasteiger partial charge < -0.3 is 10.2 Å². The van der Waals surface area contributed by atoms with Crippen molar-refractivity contribution in [3.63, 3.8) is 0 Å². The molecule has 3 rings (SSSR count). The zero-order chi connectivity index (χ0) is 17.1. The number of hydrogen-bond acceptors (Lipinski definition) is 4. The molecule has 7 heteroatoms. The molecule has 0 aromatic heterocycles. The molecule has 1 N–H and O–H groups in total. The van der Waals surface area contributed by atoms with Crippen molar-refractivity contribution in [3.8, 4) is 0 Å². The Morgan fingerprint density at radius 1 is 1.17 bits per heavy atom. The van der Waals surface area contributed by atoms with E-state index in [4.69, 9.17) is 11.6 Å². The number of benzene rings is 2. The molecular weight excluding hydrogens is 330 g/mol. The molecule has 1 saturated heterocycles. The van der Waals surface area contributed by atoms with Gasteiger partial charge in [0.2, 0.25) is 0 Å². The van der Waals surface area contributed by atoms with E-state index in [1.807, 2.05) is 11.0 Å². The Morgan fingerprint density at radius 2 is 1.83 bits per heavy atom. The molecule has 0 atom stereocenters. The second-order valence-corrected chi connectivity index (χ2v) is 6.00. The topological polar surface area (TPSA) is 75.5 Å². The van der Waals surface area contributed by atoms with E-state index in [0.717, 1.165) is 25.9 Å². The van der Waals surface area contributed by atoms with Crippen molar-refractivity contribution in [1.29, 1.82) is 0 Å². The lowest BCUT2D eigenvalue weighted by molar-refractivity contribution is -0.384. The zero-order valence-corrected chi connectivity index (χ0v) is 13.6. The van der Waals surface area contributed by atoms with Crippen LogP contribution in [0.2, 0.25) is 5.02 Å². The van der Waals surface area contributed by atoms with Crippen LogP contribution in [0.4, 0.5) is 17.1 Å². The number of carbonyl (C=O) groups excluding carboxylic acids is 1. The molecule has 1 aliphatic heterocycles. The number of nitrogens with zero attached hydrogens (tertiary/aromatic N) is 2. The summed E-state index contributed by atoms with van der Waals surface area (Å²) in [6, 6.07) is 11.6. The lowest BCUT2D eigenvalue weighted by Crippen LogP contribution is -2.20. The van der Waals surface area contributed by atoms with Crippen molar-refractivity contribution in [2.45, 2.75) is 12.8 Å². The van der Waals surface area contributed by atoms with Crippen LogP contribution in [0.1, 0.15) is 23.2 Å². The Labute approximate surface area is 144 Å². The molecule has 0 bridgehead atoms. The largest absolute Gasteiger partial charge is 0.366 e. The van der Waals surface area contributed by atoms with Gasteiger partial charge in [0, 0.05) is 24.7 Å². The zero-order valence-electron chi connectivity index (χ0n) is 12.9. The van der Waals surface area contributed by atoms with Crippen molar-refractivity contribution in [2.24, 2.45) is 0 Å². The molecule has 1 heterocycles. The molecule has 6 nitrogen and oxygen atoms in total. The molecule has 0 aliphatic carbocycles. The molecule has 1 fully saturated rings. The highest BCUT2D eigenvalue weighted by Gasteiger charge is 2.25. The van der Waals surface area contributed by atoms with Gasteiger partial charge >= 0.3 is 0 Å². The molecule has 0 unspecified atom stereocenters. The van der Waals surface area contributed by atoms with Crippen molar-refractivity contribution in [2.75, 3.05) is 23.3 Å². The fraction of sp³-hybridized carbons (Fsp3) is 0.235. The lowest BCUT2D eigenvalue weighted by atomic mass is 10.2. The van der Waals surface area contributed by atoms with Gasteiger partial charge in [-0.05, 0) is 31.0 Å². The number of amides is 1. The minimum absolute atomic E-state index is 0.0420. The molecule has 1 aliphatic rings. The molecule has 0 saturated carbocycles. The van der Waals surface area contributed by atoms with Gasteiger partial charge in [-0.1, -0.05) is 29.8 Å². The second-order valence-electron chi connectivity index (χ2n) is 5.59. The van der Waals surface area contributed by atoms with Gasteiger partial charge in [-0.15, -0.1) is 0 Å². The monoisotopic (exact) mass is 345 g/mol. The van der Waals surface area contributed by atoms with Crippen LogP contribution in [0, 0.1) is 10.1 Å². The number of nitro groups is 1. The van der Waals surface area contributed by atoms with Gasteiger partial charge in [0.25, 0.3) is 11.6 Å². The maximum absolute atomic E-state index is 12.3. The first-order valence-corrected chi connectivity index (χ1v) is 8.03. The third-order valence-corrected chi connectivity index (χ3v) is 4.30. The number of nitro benzene ring substituents is 1. The quantitative estimate of drug-likeness (QED) is 0.668. The maximum Gasteiger partial charge on any atom is 0.294 e. The molecule has 124 valence electrons. The van der Waals surface area contributed by atoms with E-state index in [2.05, 4.69) is 5.32 Å². The SMILES string of the molecule is O=C(Nc1cc(N2CCCC2)c([N+](=O)[O-])cc1Cl)c1ccccc1. The third-order valence-electron chi connectivity index (χ3n) is 3.99. The summed E-state index contributed by atoms with van der Waals surface area (Å²) in [7, 11) is 0. The Bertz CT molecular complexity index is 774. The summed E-state index contributed by atoms with van der Waals surface area (Å²) in [5.74, 6) is -0.307. The molecular formula is C17H16ClN3O3. The predicted molar refractivity (Wildman–Crippen MR) is 93.9 cm³/mol. The van der Waals surface area contributed by atoms with Crippen LogP contribution in [0.3, 0.4) is 0 Å².